The standard InChI is InChI=1S/C27H41N5O5/c1-6-21(33)31-26(4,5)7-8-32-24(36-15-16(2)3)20(14-29-32)23(34)30-22-18-9-17-10-19(22)13-27(11-17,12-18)37-25(28)35/h7-8,14,16-19,22H,6,9-13,15H2,1-5H3,(H2,28,35)(H,30,34)(H,31,33). The number of hydrogen-bond donors (Lipinski definition) is 3. The summed E-state index contributed by atoms with van der Waals surface area (Å²) in [5, 5.41) is 10.6. The summed E-state index contributed by atoms with van der Waals surface area (Å²) in [6.07, 6.45) is 9.11. The average molecular weight is 516 g/mol. The SMILES string of the molecule is CCC(=O)NC(C)(C)C=Cn1ncc(C(=O)NC2C3CC4CC2CC(OC(N)=O)(C4)C3)c1OCC(C)C. The van der Waals surface area contributed by atoms with Crippen LogP contribution in [0.4, 0.5) is 4.79 Å². The lowest BCUT2D eigenvalue weighted by Crippen LogP contribution is -2.63. The number of primary amides is 1. The molecule has 0 aromatic carbocycles. The monoisotopic (exact) mass is 515 g/mol. The number of nitrogens with two attached hydrogens (primary N) is 1. The minimum Gasteiger partial charge on any atom is -0.477 e. The van der Waals surface area contributed by atoms with E-state index >= 15 is 0 Å². The normalized spacial score (nSPS) is 28.5. The van der Waals surface area contributed by atoms with Gasteiger partial charge in [-0.2, -0.15) is 5.10 Å². The summed E-state index contributed by atoms with van der Waals surface area (Å²) >= 11 is 0. The van der Waals surface area contributed by atoms with Crippen LogP contribution in [0.25, 0.3) is 6.20 Å². The van der Waals surface area contributed by atoms with Crippen LogP contribution in [-0.4, -0.2) is 51.5 Å². The Hall–Kier alpha value is -3.04. The fraction of sp³-hybridized carbons (Fsp3) is 0.704. The highest BCUT2D eigenvalue weighted by Gasteiger charge is 2.57. The molecular formula is C27H41N5O5. The lowest BCUT2D eigenvalue weighted by molar-refractivity contribution is -0.137. The van der Waals surface area contributed by atoms with Crippen LogP contribution in [-0.2, 0) is 9.53 Å². The van der Waals surface area contributed by atoms with Crippen LogP contribution in [0.5, 0.6) is 5.88 Å². The zero-order valence-corrected chi connectivity index (χ0v) is 22.6. The molecule has 1 aromatic heterocycles. The van der Waals surface area contributed by atoms with Gasteiger partial charge in [-0.1, -0.05) is 20.8 Å². The van der Waals surface area contributed by atoms with Gasteiger partial charge < -0.3 is 25.8 Å². The van der Waals surface area contributed by atoms with Crippen LogP contribution in [0.2, 0.25) is 0 Å². The van der Waals surface area contributed by atoms with Gasteiger partial charge in [0.2, 0.25) is 11.8 Å². The predicted molar refractivity (Wildman–Crippen MR) is 139 cm³/mol. The van der Waals surface area contributed by atoms with Gasteiger partial charge in [0.1, 0.15) is 11.2 Å². The van der Waals surface area contributed by atoms with E-state index in [1.165, 1.54) is 6.20 Å². The summed E-state index contributed by atoms with van der Waals surface area (Å²) in [4.78, 5) is 36.9. The lowest BCUT2D eigenvalue weighted by atomic mass is 9.52. The number of hydrogen-bond acceptors (Lipinski definition) is 6. The maximum Gasteiger partial charge on any atom is 0.405 e. The summed E-state index contributed by atoms with van der Waals surface area (Å²) < 4.78 is 13.2. The van der Waals surface area contributed by atoms with Gasteiger partial charge >= 0.3 is 6.09 Å². The van der Waals surface area contributed by atoms with Crippen molar-refractivity contribution in [3.05, 3.63) is 17.8 Å². The molecule has 4 aliphatic rings. The Kier molecular flexibility index (Phi) is 7.57. The summed E-state index contributed by atoms with van der Waals surface area (Å²) in [7, 11) is 0. The molecule has 204 valence electrons. The van der Waals surface area contributed by atoms with Crippen LogP contribution in [0.1, 0.15) is 83.5 Å². The molecule has 37 heavy (non-hydrogen) atoms. The van der Waals surface area contributed by atoms with Gasteiger partial charge in [0, 0.05) is 18.7 Å². The Morgan fingerprint density at radius 1 is 1.24 bits per heavy atom. The molecule has 1 heterocycles. The first kappa shape index (κ1) is 27.0. The van der Waals surface area contributed by atoms with Gasteiger partial charge in [-0.25, -0.2) is 9.48 Å². The number of amides is 3. The van der Waals surface area contributed by atoms with E-state index in [1.807, 2.05) is 33.8 Å². The molecule has 4 bridgehead atoms. The van der Waals surface area contributed by atoms with Crippen LogP contribution >= 0.6 is 0 Å². The van der Waals surface area contributed by atoms with E-state index in [9.17, 15) is 14.4 Å². The molecule has 3 amide bonds. The van der Waals surface area contributed by atoms with Gasteiger partial charge in [-0.15, -0.1) is 0 Å². The highest BCUT2D eigenvalue weighted by atomic mass is 16.6. The maximum atomic E-state index is 13.5. The van der Waals surface area contributed by atoms with Gasteiger partial charge in [-0.05, 0) is 75.7 Å². The second-order valence-corrected chi connectivity index (χ2v) is 12.0. The van der Waals surface area contributed by atoms with Crippen LogP contribution in [0.3, 0.4) is 0 Å². The van der Waals surface area contributed by atoms with E-state index in [-0.39, 0.29) is 35.6 Å². The first-order valence-corrected chi connectivity index (χ1v) is 13.4. The van der Waals surface area contributed by atoms with E-state index in [2.05, 4.69) is 15.7 Å². The quantitative estimate of drug-likeness (QED) is 0.436. The minimum absolute atomic E-state index is 0.00804. The topological polar surface area (TPSA) is 138 Å². The largest absolute Gasteiger partial charge is 0.477 e. The molecule has 2 atom stereocenters. The number of nitrogens with zero attached hydrogens (tertiary/aromatic N) is 2. The number of carbonyl (C=O) groups is 3. The first-order valence-electron chi connectivity index (χ1n) is 13.4. The Morgan fingerprint density at radius 3 is 2.51 bits per heavy atom. The van der Waals surface area contributed by atoms with Gasteiger partial charge in [0.15, 0.2) is 0 Å². The average Bonchev–Trinajstić information content (AvgIpc) is 3.20. The molecule has 4 saturated carbocycles. The second-order valence-electron chi connectivity index (χ2n) is 12.0. The van der Waals surface area contributed by atoms with E-state index in [0.717, 1.165) is 32.1 Å². The molecule has 10 heteroatoms. The fourth-order valence-corrected chi connectivity index (χ4v) is 6.50. The van der Waals surface area contributed by atoms with Crippen molar-refractivity contribution in [2.45, 2.75) is 90.3 Å². The molecular weight excluding hydrogens is 474 g/mol. The molecule has 4 aliphatic carbocycles. The molecule has 0 saturated heterocycles. The first-order chi connectivity index (χ1) is 17.4. The summed E-state index contributed by atoms with van der Waals surface area (Å²) in [5.74, 6) is 1.34. The Morgan fingerprint density at radius 2 is 1.92 bits per heavy atom. The van der Waals surface area contributed by atoms with Crippen molar-refractivity contribution in [1.29, 1.82) is 0 Å². The Balaban J connectivity index is 1.51. The molecule has 10 nitrogen and oxygen atoms in total. The van der Waals surface area contributed by atoms with E-state index < -0.39 is 17.2 Å². The minimum atomic E-state index is -0.715. The zero-order chi connectivity index (χ0) is 27.0. The molecule has 2 unspecified atom stereocenters. The third-order valence-corrected chi connectivity index (χ3v) is 7.79. The third-order valence-electron chi connectivity index (χ3n) is 7.79. The van der Waals surface area contributed by atoms with Crippen molar-refractivity contribution in [2.24, 2.45) is 29.4 Å². The summed E-state index contributed by atoms with van der Waals surface area (Å²) in [6.45, 7) is 10.1. The zero-order valence-electron chi connectivity index (χ0n) is 22.6. The van der Waals surface area contributed by atoms with E-state index in [1.54, 1.807) is 17.8 Å². The van der Waals surface area contributed by atoms with Crippen molar-refractivity contribution in [2.75, 3.05) is 6.61 Å². The number of rotatable bonds is 10. The Bertz CT molecular complexity index is 1050. The van der Waals surface area contributed by atoms with Crippen molar-refractivity contribution >= 4 is 24.1 Å². The maximum absolute atomic E-state index is 13.5. The second kappa shape index (κ2) is 10.4. The van der Waals surface area contributed by atoms with Crippen LogP contribution in [0, 0.1) is 23.7 Å². The number of ether oxygens (including phenoxy) is 2. The predicted octanol–water partition coefficient (Wildman–Crippen LogP) is 3.47. The number of carbonyl (C=O) groups excluding carboxylic acids is 3. The van der Waals surface area contributed by atoms with Gasteiger partial charge in [-0.3, -0.25) is 9.59 Å². The van der Waals surface area contributed by atoms with Crippen LogP contribution in [0.15, 0.2) is 12.3 Å². The smallest absolute Gasteiger partial charge is 0.405 e. The van der Waals surface area contributed by atoms with Gasteiger partial charge in [0.05, 0.1) is 18.3 Å². The molecule has 4 N–H and O–H groups in total. The van der Waals surface area contributed by atoms with Crippen molar-refractivity contribution in [3.8, 4) is 5.88 Å². The van der Waals surface area contributed by atoms with Gasteiger partial charge in [0.25, 0.3) is 5.91 Å². The molecule has 1 aromatic rings. The van der Waals surface area contributed by atoms with Crippen molar-refractivity contribution in [3.63, 3.8) is 0 Å². The summed E-state index contributed by atoms with van der Waals surface area (Å²) in [6, 6.07) is 0.00804. The molecule has 4 fully saturated rings. The fourth-order valence-electron chi connectivity index (χ4n) is 6.50. The lowest BCUT2D eigenvalue weighted by Gasteiger charge is -2.58. The molecule has 0 aliphatic heterocycles. The van der Waals surface area contributed by atoms with E-state index in [4.69, 9.17) is 15.2 Å². The molecule has 0 spiro atoms. The van der Waals surface area contributed by atoms with E-state index in [0.29, 0.717) is 30.4 Å². The van der Waals surface area contributed by atoms with Crippen LogP contribution < -0.4 is 21.1 Å². The highest BCUT2D eigenvalue weighted by molar-refractivity contribution is 5.96. The number of aromatic nitrogens is 2. The summed E-state index contributed by atoms with van der Waals surface area (Å²) in [5.41, 5.74) is 4.67. The molecule has 5 rings (SSSR count). The highest BCUT2D eigenvalue weighted by Crippen LogP contribution is 2.57. The molecule has 0 radical (unpaired) electrons. The number of nitrogens with one attached hydrogen (secondary N) is 2. The Labute approximate surface area is 218 Å². The third kappa shape index (κ3) is 6.10. The van der Waals surface area contributed by atoms with Crippen molar-refractivity contribution < 1.29 is 23.9 Å². The van der Waals surface area contributed by atoms with Crippen molar-refractivity contribution in [1.82, 2.24) is 20.4 Å².